The van der Waals surface area contributed by atoms with Crippen molar-refractivity contribution in [3.63, 3.8) is 0 Å². The van der Waals surface area contributed by atoms with Crippen LogP contribution < -0.4 is 10.6 Å². The highest BCUT2D eigenvalue weighted by Gasteiger charge is 2.26. The van der Waals surface area contributed by atoms with E-state index in [-0.39, 0.29) is 34.1 Å². The van der Waals surface area contributed by atoms with E-state index in [2.05, 4.69) is 78.3 Å². The van der Waals surface area contributed by atoms with Gasteiger partial charge in [0.2, 0.25) is 11.8 Å². The summed E-state index contributed by atoms with van der Waals surface area (Å²) >= 11 is 1.62. The average Bonchev–Trinajstić information content (AvgIpc) is 3.00. The van der Waals surface area contributed by atoms with Crippen LogP contribution in [0.3, 0.4) is 0 Å². The Kier molecular flexibility index (Phi) is 21.7. The van der Waals surface area contributed by atoms with E-state index in [4.69, 9.17) is 0 Å². The number of nitrogens with one attached hydrogen (secondary N) is 2. The fourth-order valence-corrected chi connectivity index (χ4v) is 5.43. The van der Waals surface area contributed by atoms with Crippen molar-refractivity contribution >= 4 is 35.2 Å². The molecule has 45 heavy (non-hydrogen) atoms. The van der Waals surface area contributed by atoms with Crippen LogP contribution in [0.4, 0.5) is 5.69 Å². The highest BCUT2D eigenvalue weighted by molar-refractivity contribution is 8.00. The van der Waals surface area contributed by atoms with Crippen molar-refractivity contribution in [3.05, 3.63) is 84.5 Å². The summed E-state index contributed by atoms with van der Waals surface area (Å²) < 4.78 is 0. The number of carboxylic acids is 1. The molecule has 1 aromatic rings. The molecule has 0 fully saturated rings. The third-order valence-corrected chi connectivity index (χ3v) is 8.21. The quantitative estimate of drug-likeness (QED) is 0.0540. The second-order valence-electron chi connectivity index (χ2n) is 11.2. The molecule has 0 saturated heterocycles. The number of unbranched alkanes of at least 4 members (excludes halogenated alkanes) is 2. The van der Waals surface area contributed by atoms with E-state index in [0.717, 1.165) is 57.1 Å². The maximum Gasteiger partial charge on any atom is 0.339 e. The molecule has 2 amide bonds. The number of aromatic hydroxyl groups is 1. The molecule has 4 N–H and O–H groups in total. The smallest absolute Gasteiger partial charge is 0.339 e. The fourth-order valence-electron chi connectivity index (χ4n) is 4.32. The first-order valence-corrected chi connectivity index (χ1v) is 17.3. The van der Waals surface area contributed by atoms with Gasteiger partial charge in [-0.15, -0.1) is 11.8 Å². The summed E-state index contributed by atoms with van der Waals surface area (Å²) in [5.41, 5.74) is -0.0619. The molecule has 0 heterocycles. The van der Waals surface area contributed by atoms with E-state index in [0.29, 0.717) is 12.8 Å². The molecular formula is C37H54N2O5S. The topological polar surface area (TPSA) is 116 Å². The van der Waals surface area contributed by atoms with Gasteiger partial charge in [-0.3, -0.25) is 9.59 Å². The SMILES string of the molecule is CCC=CCC=CCC=CCC=CCC=CCCCCS[C@@H](CC)C(=O)NC(CC(C)C)C(=O)Nc1ccc(O)c(C(=O)O)c1. The van der Waals surface area contributed by atoms with Crippen molar-refractivity contribution in [1.82, 2.24) is 5.32 Å². The van der Waals surface area contributed by atoms with Gasteiger partial charge in [-0.25, -0.2) is 4.79 Å². The number of rotatable bonds is 23. The van der Waals surface area contributed by atoms with E-state index < -0.39 is 17.9 Å². The summed E-state index contributed by atoms with van der Waals surface area (Å²) in [4.78, 5) is 37.5. The first-order valence-electron chi connectivity index (χ1n) is 16.2. The summed E-state index contributed by atoms with van der Waals surface area (Å²) in [5.74, 6) is -1.25. The minimum atomic E-state index is -1.30. The zero-order valence-electron chi connectivity index (χ0n) is 27.5. The third kappa shape index (κ3) is 18.8. The van der Waals surface area contributed by atoms with Crippen LogP contribution in [0.1, 0.15) is 102 Å². The first-order chi connectivity index (χ1) is 21.7. The van der Waals surface area contributed by atoms with Gasteiger partial charge in [0, 0.05) is 5.69 Å². The van der Waals surface area contributed by atoms with Gasteiger partial charge in [-0.1, -0.05) is 88.5 Å². The van der Waals surface area contributed by atoms with Gasteiger partial charge in [0.1, 0.15) is 17.4 Å². The van der Waals surface area contributed by atoms with Gasteiger partial charge in [-0.05, 0) is 94.1 Å². The van der Waals surface area contributed by atoms with Crippen molar-refractivity contribution < 1.29 is 24.6 Å². The van der Waals surface area contributed by atoms with Gasteiger partial charge < -0.3 is 20.8 Å². The van der Waals surface area contributed by atoms with Gasteiger partial charge in [-0.2, -0.15) is 0 Å². The van der Waals surface area contributed by atoms with Crippen molar-refractivity contribution in [3.8, 4) is 5.75 Å². The van der Waals surface area contributed by atoms with E-state index >= 15 is 0 Å². The number of anilines is 1. The Labute approximate surface area is 275 Å². The van der Waals surface area contributed by atoms with Gasteiger partial charge in [0.05, 0.1) is 5.25 Å². The van der Waals surface area contributed by atoms with Crippen LogP contribution in [0.2, 0.25) is 0 Å². The summed E-state index contributed by atoms with van der Waals surface area (Å²) in [5, 5.41) is 24.3. The summed E-state index contributed by atoms with van der Waals surface area (Å²) in [7, 11) is 0. The molecule has 0 aromatic heterocycles. The van der Waals surface area contributed by atoms with Crippen LogP contribution in [-0.4, -0.2) is 45.0 Å². The zero-order chi connectivity index (χ0) is 33.3. The van der Waals surface area contributed by atoms with Crippen molar-refractivity contribution in [2.24, 2.45) is 5.92 Å². The molecule has 0 bridgehead atoms. The molecule has 0 spiro atoms. The maximum atomic E-state index is 13.1. The lowest BCUT2D eigenvalue weighted by Crippen LogP contribution is -2.47. The Hall–Kier alpha value is -3.52. The normalized spacial score (nSPS) is 13.5. The Morgan fingerprint density at radius 1 is 0.822 bits per heavy atom. The van der Waals surface area contributed by atoms with Crippen LogP contribution in [0, 0.1) is 5.92 Å². The van der Waals surface area contributed by atoms with Crippen LogP contribution in [-0.2, 0) is 9.59 Å². The van der Waals surface area contributed by atoms with Gasteiger partial charge >= 0.3 is 5.97 Å². The second-order valence-corrected chi connectivity index (χ2v) is 12.5. The predicted octanol–water partition coefficient (Wildman–Crippen LogP) is 8.99. The van der Waals surface area contributed by atoms with E-state index in [9.17, 15) is 24.6 Å². The van der Waals surface area contributed by atoms with Crippen molar-refractivity contribution in [2.75, 3.05) is 11.1 Å². The predicted molar refractivity (Wildman–Crippen MR) is 190 cm³/mol. The minimum absolute atomic E-state index is 0.152. The summed E-state index contributed by atoms with van der Waals surface area (Å²) in [6.45, 7) is 8.05. The number of amides is 2. The number of allylic oxidation sites excluding steroid dienone is 10. The third-order valence-electron chi connectivity index (χ3n) is 6.74. The lowest BCUT2D eigenvalue weighted by molar-refractivity contribution is -0.126. The maximum absolute atomic E-state index is 13.1. The molecule has 8 heteroatoms. The monoisotopic (exact) mass is 638 g/mol. The molecule has 1 unspecified atom stereocenters. The molecule has 0 aliphatic heterocycles. The van der Waals surface area contributed by atoms with Gasteiger partial charge in [0.25, 0.3) is 0 Å². The highest BCUT2D eigenvalue weighted by Crippen LogP contribution is 2.22. The van der Waals surface area contributed by atoms with Crippen LogP contribution in [0.15, 0.2) is 79.0 Å². The first kappa shape index (κ1) is 39.5. The highest BCUT2D eigenvalue weighted by atomic mass is 32.2. The number of phenols is 1. The number of hydrogen-bond acceptors (Lipinski definition) is 5. The van der Waals surface area contributed by atoms with Crippen molar-refractivity contribution in [1.29, 1.82) is 0 Å². The van der Waals surface area contributed by atoms with Crippen LogP contribution in [0.25, 0.3) is 0 Å². The summed E-state index contributed by atoms with van der Waals surface area (Å²) in [6.07, 6.45) is 31.1. The summed E-state index contributed by atoms with van der Waals surface area (Å²) in [6, 6.07) is 3.09. The molecule has 0 saturated carbocycles. The van der Waals surface area contributed by atoms with Crippen molar-refractivity contribution in [2.45, 2.75) is 103 Å². The number of benzene rings is 1. The van der Waals surface area contributed by atoms with Crippen LogP contribution in [0.5, 0.6) is 5.75 Å². The molecule has 1 rings (SSSR count). The second kappa shape index (κ2) is 24.8. The molecular weight excluding hydrogens is 584 g/mol. The largest absolute Gasteiger partial charge is 0.507 e. The lowest BCUT2D eigenvalue weighted by Gasteiger charge is -2.23. The number of carbonyl (C=O) groups excluding carboxylic acids is 2. The zero-order valence-corrected chi connectivity index (χ0v) is 28.4. The molecule has 1 aromatic carbocycles. The number of hydrogen-bond donors (Lipinski definition) is 4. The standard InChI is InChI=1S/C37H54N2O5S/c1-5-7-8-9-10-11-12-13-14-15-16-17-18-19-20-21-22-23-26-45-34(6-2)36(42)39-32(27-29(3)4)35(41)38-30-24-25-33(40)31(28-30)37(43)44/h7-8,10-11,13-14,16-17,19-20,24-25,28-29,32,34,40H,5-6,9,12,15,18,21-23,26-27H2,1-4H3,(H,38,41)(H,39,42)(H,43,44)/t32?,34-/m0/s1. The molecule has 0 aliphatic carbocycles. The molecule has 0 radical (unpaired) electrons. The molecule has 2 atom stereocenters. The number of carboxylic acid groups (broad SMARTS) is 1. The number of carbonyl (C=O) groups is 3. The van der Waals surface area contributed by atoms with Crippen LogP contribution >= 0.6 is 11.8 Å². The van der Waals surface area contributed by atoms with Gasteiger partial charge in [0.15, 0.2) is 0 Å². The van der Waals surface area contributed by atoms with E-state index in [1.807, 2.05) is 20.8 Å². The minimum Gasteiger partial charge on any atom is -0.507 e. The lowest BCUT2D eigenvalue weighted by atomic mass is 10.0. The fraction of sp³-hybridized carbons (Fsp3) is 0.486. The molecule has 7 nitrogen and oxygen atoms in total. The van der Waals surface area contributed by atoms with E-state index in [1.165, 1.54) is 18.2 Å². The Morgan fingerprint density at radius 3 is 1.93 bits per heavy atom. The van der Waals surface area contributed by atoms with E-state index in [1.54, 1.807) is 11.8 Å². The number of thioether (sulfide) groups is 1. The molecule has 0 aliphatic rings. The Morgan fingerprint density at radius 2 is 1.40 bits per heavy atom. The average molecular weight is 639 g/mol. The Bertz CT molecular complexity index is 1170. The molecule has 248 valence electrons. The Balaban J connectivity index is 2.37. The number of aromatic carboxylic acids is 1.